The van der Waals surface area contributed by atoms with Gasteiger partial charge in [0.2, 0.25) is 0 Å². The number of hydrogen-bond acceptors (Lipinski definition) is 3. The molecule has 7 aromatic carbocycles. The number of hydrogen-bond donors (Lipinski definition) is 1. The fourth-order valence-electron chi connectivity index (χ4n) is 9.93. The van der Waals surface area contributed by atoms with Crippen LogP contribution in [0.1, 0.15) is 142 Å². The number of aryl methyl sites for hydroxylation is 1. The number of fused-ring (bicyclic) bond motifs is 1. The molecule has 1 N–H and O–H groups in total. The highest BCUT2D eigenvalue weighted by molar-refractivity contribution is 5.97. The Kier molecular flexibility index (Phi) is 11.5. The summed E-state index contributed by atoms with van der Waals surface area (Å²) in [6.45, 7) is 27.3. The van der Waals surface area contributed by atoms with Crippen molar-refractivity contribution in [2.24, 2.45) is 0 Å². The number of aromatic nitrogens is 3. The fourth-order valence-corrected chi connectivity index (χ4v) is 9.93. The normalized spacial score (nSPS) is 13.7. The lowest BCUT2D eigenvalue weighted by Crippen LogP contribution is -2.17. The van der Waals surface area contributed by atoms with Crippen LogP contribution in [0.4, 0.5) is 0 Å². The van der Waals surface area contributed by atoms with Crippen molar-refractivity contribution < 1.29 is 10.6 Å². The summed E-state index contributed by atoms with van der Waals surface area (Å²) in [6, 6.07) is 51.7. The Bertz CT molecular complexity index is 3640. The van der Waals surface area contributed by atoms with E-state index in [4.69, 9.17) is 11.3 Å². The molecule has 0 aliphatic heterocycles. The predicted octanol–water partition coefficient (Wildman–Crippen LogP) is 18.7. The molecule has 0 saturated carbocycles. The van der Waals surface area contributed by atoms with E-state index in [1.165, 1.54) is 0 Å². The molecule has 0 atom stereocenters. The maximum atomic E-state index is 12.7. The van der Waals surface area contributed by atoms with Gasteiger partial charge >= 0.3 is 0 Å². The van der Waals surface area contributed by atoms with Crippen molar-refractivity contribution in [1.82, 2.24) is 14.5 Å². The van der Waals surface area contributed by atoms with Crippen LogP contribution in [0.25, 0.3) is 83.9 Å². The van der Waals surface area contributed by atoms with Gasteiger partial charge in [-0.25, -0.2) is 4.98 Å². The van der Waals surface area contributed by atoms with E-state index in [9.17, 15) is 9.22 Å². The highest BCUT2D eigenvalue weighted by Gasteiger charge is 2.30. The molecule has 0 aliphatic rings. The molecule has 4 heteroatoms. The van der Waals surface area contributed by atoms with Crippen LogP contribution in [0, 0.1) is 6.85 Å². The number of imidazole rings is 1. The van der Waals surface area contributed by atoms with E-state index in [-0.39, 0.29) is 27.6 Å². The van der Waals surface area contributed by atoms with Gasteiger partial charge in [0.05, 0.1) is 28.0 Å². The molecule has 9 rings (SSSR count). The number of benzene rings is 7. The summed E-state index contributed by atoms with van der Waals surface area (Å²) in [5.74, 6) is -0.152. The van der Waals surface area contributed by atoms with Crippen LogP contribution in [0.2, 0.25) is 0 Å². The quantitative estimate of drug-likeness (QED) is 0.165. The first kappa shape index (κ1) is 44.9. The van der Waals surface area contributed by atoms with Crippen molar-refractivity contribution in [2.75, 3.05) is 0 Å². The van der Waals surface area contributed by atoms with E-state index in [1.807, 2.05) is 91.3 Å². The highest BCUT2D eigenvalue weighted by Crippen LogP contribution is 2.47. The van der Waals surface area contributed by atoms with Crippen molar-refractivity contribution in [3.63, 3.8) is 0 Å². The van der Waals surface area contributed by atoms with Crippen LogP contribution in [-0.4, -0.2) is 19.6 Å². The number of aromatic hydroxyl groups is 1. The van der Waals surface area contributed by atoms with Gasteiger partial charge in [0.25, 0.3) is 0 Å². The van der Waals surface area contributed by atoms with Crippen LogP contribution in [0.3, 0.4) is 0 Å². The van der Waals surface area contributed by atoms with Crippen molar-refractivity contribution in [3.05, 3.63) is 191 Å². The summed E-state index contributed by atoms with van der Waals surface area (Å²) in [5.41, 5.74) is 15.7. The number of para-hydroxylation sites is 1. The molecule has 2 heterocycles. The Morgan fingerprint density at radius 2 is 1.15 bits per heavy atom. The summed E-state index contributed by atoms with van der Waals surface area (Å²) in [6.07, 6.45) is 1.85. The van der Waals surface area contributed by atoms with Crippen LogP contribution in [0.15, 0.2) is 158 Å². The van der Waals surface area contributed by atoms with Crippen LogP contribution >= 0.6 is 0 Å². The van der Waals surface area contributed by atoms with Crippen molar-refractivity contribution >= 4 is 11.0 Å². The summed E-state index contributed by atoms with van der Waals surface area (Å²) in [4.78, 5) is 10.6. The molecule has 0 aliphatic carbocycles. The van der Waals surface area contributed by atoms with Crippen molar-refractivity contribution in [2.45, 2.75) is 131 Å². The Balaban J connectivity index is 1.34. The van der Waals surface area contributed by atoms with Gasteiger partial charge in [-0.2, -0.15) is 0 Å². The zero-order valence-corrected chi connectivity index (χ0v) is 44.8. The van der Waals surface area contributed by atoms with Gasteiger partial charge in [-0.3, -0.25) is 9.55 Å². The van der Waals surface area contributed by atoms with Gasteiger partial charge in [-0.15, -0.1) is 0 Å². The van der Waals surface area contributed by atoms with Gasteiger partial charge in [0, 0.05) is 28.4 Å². The molecule has 0 radical (unpaired) electrons. The average Bonchev–Trinajstić information content (AvgIpc) is 3.79. The van der Waals surface area contributed by atoms with Crippen molar-refractivity contribution in [1.29, 1.82) is 0 Å². The number of rotatable bonds is 8. The molecular weight excluding hydrogens is 875 g/mol. The molecule has 0 spiro atoms. The first-order valence-electron chi connectivity index (χ1n) is 27.4. The second-order valence-corrected chi connectivity index (χ2v) is 24.0. The Morgan fingerprint density at radius 1 is 0.514 bits per heavy atom. The summed E-state index contributed by atoms with van der Waals surface area (Å²) in [5, 5.41) is 12.7. The Labute approximate surface area is 435 Å². The van der Waals surface area contributed by atoms with Crippen LogP contribution in [0.5, 0.6) is 5.75 Å². The Hall–Kier alpha value is -7.04. The third kappa shape index (κ3) is 9.69. The lowest BCUT2D eigenvalue weighted by Gasteiger charge is -2.28. The molecule has 72 heavy (non-hydrogen) atoms. The van der Waals surface area contributed by atoms with Crippen molar-refractivity contribution in [3.8, 4) is 78.6 Å². The van der Waals surface area contributed by atoms with E-state index in [0.29, 0.717) is 28.1 Å². The van der Waals surface area contributed by atoms with Gasteiger partial charge in [-0.05, 0) is 150 Å². The molecule has 4 nitrogen and oxygen atoms in total. The van der Waals surface area contributed by atoms with E-state index in [1.54, 1.807) is 0 Å². The zero-order valence-electron chi connectivity index (χ0n) is 48.8. The van der Waals surface area contributed by atoms with E-state index >= 15 is 0 Å². The molecule has 366 valence electrons. The maximum Gasteiger partial charge on any atom is 0.149 e. The molecular formula is C68H73N3O. The topological polar surface area (TPSA) is 50.9 Å². The van der Waals surface area contributed by atoms with Gasteiger partial charge in [-0.1, -0.05) is 200 Å². The molecule has 0 unspecified atom stereocenters. The van der Waals surface area contributed by atoms with E-state index < -0.39 is 18.2 Å². The number of pyridine rings is 1. The smallest absolute Gasteiger partial charge is 0.149 e. The summed E-state index contributed by atoms with van der Waals surface area (Å²) >= 11 is 0. The standard InChI is InChI=1S/C68H73N3O/c1-42(2)44-27-29-45(30-28-44)47-33-34-69-58(39-47)50-36-49(37-51(38-50)65(4,5)6)54-24-20-26-60-62(54)70-64(55-40-52(66(7,8)9)41-57(63(55)72)68(13,14)15)71(60)59-32-31-48(35-43(59)3)61-53(46-21-17-16-18-22-46)23-19-25-56(61)67(10,11)12/h16-42,72H,1-15H3/i3D3,42D. The summed E-state index contributed by atoms with van der Waals surface area (Å²) in [7, 11) is 0. The average molecular weight is 952 g/mol. The minimum atomic E-state index is -2.57. The lowest BCUT2D eigenvalue weighted by atomic mass is 9.78. The monoisotopic (exact) mass is 952 g/mol. The van der Waals surface area contributed by atoms with Crippen LogP contribution < -0.4 is 0 Å². The first-order valence-corrected chi connectivity index (χ1v) is 25.4. The largest absolute Gasteiger partial charge is 0.507 e. The fraction of sp³-hybridized carbons (Fsp3) is 0.294. The number of phenolic OH excluding ortho intramolecular Hbond substituents is 1. The van der Waals surface area contributed by atoms with Gasteiger partial charge in [0.1, 0.15) is 11.6 Å². The predicted molar refractivity (Wildman–Crippen MR) is 307 cm³/mol. The maximum absolute atomic E-state index is 12.7. The molecule has 0 amide bonds. The zero-order chi connectivity index (χ0) is 55.1. The third-order valence-corrected chi connectivity index (χ3v) is 14.2. The van der Waals surface area contributed by atoms with Gasteiger partial charge < -0.3 is 5.11 Å². The summed E-state index contributed by atoms with van der Waals surface area (Å²) < 4.78 is 38.5. The molecule has 0 bridgehead atoms. The minimum absolute atomic E-state index is 0.110. The molecule has 2 aromatic heterocycles. The van der Waals surface area contributed by atoms with Crippen LogP contribution in [-0.2, 0) is 21.7 Å². The molecule has 0 saturated heterocycles. The number of phenols is 1. The minimum Gasteiger partial charge on any atom is -0.507 e. The first-order chi connectivity index (χ1) is 35.4. The Morgan fingerprint density at radius 3 is 1.81 bits per heavy atom. The van der Waals surface area contributed by atoms with E-state index in [0.717, 1.165) is 83.6 Å². The second-order valence-electron chi connectivity index (χ2n) is 24.0. The highest BCUT2D eigenvalue weighted by atomic mass is 16.3. The van der Waals surface area contributed by atoms with E-state index in [2.05, 4.69) is 168 Å². The molecule has 0 fully saturated rings. The van der Waals surface area contributed by atoms with Gasteiger partial charge in [0.15, 0.2) is 0 Å². The lowest BCUT2D eigenvalue weighted by molar-refractivity contribution is 0.446. The third-order valence-electron chi connectivity index (χ3n) is 14.2. The SMILES string of the molecule is [2H]C([2H])([2H])c1cc(-c2c(-c3ccccc3)cccc2C(C)(C)C)ccc1-n1c(-c2cc(C(C)(C)C)cc(C(C)(C)C)c2O)nc2c(-c3cc(-c4cc(-c5ccc(C([2H])(C)C)cc5)ccn4)cc(C(C)(C)C)c3)cccc21. The number of nitrogens with zero attached hydrogens (tertiary/aromatic N) is 3. The molecule has 9 aromatic rings. The second kappa shape index (κ2) is 18.5.